The number of alkyl halides is 3. The van der Waals surface area contributed by atoms with Gasteiger partial charge in [-0.3, -0.25) is 0 Å². The van der Waals surface area contributed by atoms with Crippen LogP contribution in [-0.2, 0) is 12.7 Å². The Hall–Kier alpha value is -1.30. The number of hydrogen-bond donors (Lipinski definition) is 1. The summed E-state index contributed by atoms with van der Waals surface area (Å²) in [7, 11) is 1.20. The van der Waals surface area contributed by atoms with Gasteiger partial charge in [0.15, 0.2) is 0 Å². The van der Waals surface area contributed by atoms with Crippen LogP contribution in [0.1, 0.15) is 11.1 Å². The Morgan fingerprint density at radius 1 is 1.33 bits per heavy atom. The van der Waals surface area contributed by atoms with Crippen molar-refractivity contribution in [3.05, 3.63) is 29.1 Å². The molecule has 1 aromatic carbocycles. The van der Waals surface area contributed by atoms with Gasteiger partial charge in [-0.15, -0.1) is 0 Å². The van der Waals surface area contributed by atoms with Gasteiger partial charge in [-0.2, -0.15) is 13.2 Å². The van der Waals surface area contributed by atoms with Crippen LogP contribution in [0.25, 0.3) is 0 Å². The predicted molar refractivity (Wildman–Crippen MR) is 45.8 cm³/mol. The van der Waals surface area contributed by atoms with Crippen LogP contribution in [0.2, 0.25) is 0 Å². The number of halogens is 4. The van der Waals surface area contributed by atoms with E-state index in [9.17, 15) is 17.6 Å². The third-order valence-electron chi connectivity index (χ3n) is 1.90. The summed E-state index contributed by atoms with van der Waals surface area (Å²) in [5, 5.41) is 0. The van der Waals surface area contributed by atoms with Crippen molar-refractivity contribution in [1.29, 1.82) is 0 Å². The van der Waals surface area contributed by atoms with Crippen LogP contribution in [-0.4, -0.2) is 7.11 Å². The van der Waals surface area contributed by atoms with Crippen molar-refractivity contribution in [2.24, 2.45) is 5.73 Å². The Morgan fingerprint density at radius 3 is 2.33 bits per heavy atom. The summed E-state index contributed by atoms with van der Waals surface area (Å²) in [6.07, 6.45) is -4.73. The average Bonchev–Trinajstić information content (AvgIpc) is 2.15. The molecule has 0 aliphatic heterocycles. The van der Waals surface area contributed by atoms with E-state index < -0.39 is 17.6 Å². The van der Waals surface area contributed by atoms with Crippen LogP contribution in [0.4, 0.5) is 17.6 Å². The van der Waals surface area contributed by atoms with E-state index in [0.717, 1.165) is 6.07 Å². The molecule has 0 spiro atoms. The summed E-state index contributed by atoms with van der Waals surface area (Å²) < 4.78 is 54.5. The van der Waals surface area contributed by atoms with Crippen molar-refractivity contribution in [1.82, 2.24) is 0 Å². The van der Waals surface area contributed by atoms with Gasteiger partial charge < -0.3 is 10.5 Å². The molecular formula is C9H9F4NO. The number of ether oxygens (including phenoxy) is 1. The molecule has 0 aliphatic carbocycles. The molecular weight excluding hydrogens is 214 g/mol. The Kier molecular flexibility index (Phi) is 3.18. The van der Waals surface area contributed by atoms with E-state index in [1.165, 1.54) is 7.11 Å². The Labute approximate surface area is 83.6 Å². The van der Waals surface area contributed by atoms with Crippen LogP contribution >= 0.6 is 0 Å². The molecule has 0 bridgehead atoms. The highest BCUT2D eigenvalue weighted by Crippen LogP contribution is 2.35. The normalized spacial score (nSPS) is 11.6. The largest absolute Gasteiger partial charge is 0.496 e. The van der Waals surface area contributed by atoms with E-state index in [1.54, 1.807) is 0 Å². The lowest BCUT2D eigenvalue weighted by Gasteiger charge is -2.12. The van der Waals surface area contributed by atoms with Crippen molar-refractivity contribution < 1.29 is 22.3 Å². The molecule has 0 unspecified atom stereocenters. The second-order valence-corrected chi connectivity index (χ2v) is 2.85. The van der Waals surface area contributed by atoms with Gasteiger partial charge in [0.2, 0.25) is 0 Å². The van der Waals surface area contributed by atoms with Crippen molar-refractivity contribution in [3.63, 3.8) is 0 Å². The van der Waals surface area contributed by atoms with Crippen molar-refractivity contribution in [3.8, 4) is 5.75 Å². The molecule has 0 aliphatic rings. The molecule has 15 heavy (non-hydrogen) atoms. The maximum Gasteiger partial charge on any atom is 0.419 e. The maximum atomic E-state index is 13.0. The van der Waals surface area contributed by atoms with Gasteiger partial charge >= 0.3 is 6.18 Å². The van der Waals surface area contributed by atoms with E-state index in [0.29, 0.717) is 6.07 Å². The minimum absolute atomic E-state index is 0.0637. The zero-order valence-corrected chi connectivity index (χ0v) is 7.86. The Bertz CT molecular complexity index is 362. The smallest absolute Gasteiger partial charge is 0.419 e. The number of methoxy groups -OCH3 is 1. The van der Waals surface area contributed by atoms with Crippen molar-refractivity contribution >= 4 is 0 Å². The topological polar surface area (TPSA) is 35.2 Å². The fraction of sp³-hybridized carbons (Fsp3) is 0.333. The van der Waals surface area contributed by atoms with Crippen molar-refractivity contribution in [2.45, 2.75) is 12.7 Å². The third kappa shape index (κ3) is 2.38. The summed E-state index contributed by atoms with van der Waals surface area (Å²) in [5.74, 6) is -1.41. The maximum absolute atomic E-state index is 13.0. The quantitative estimate of drug-likeness (QED) is 0.781. The molecule has 0 amide bonds. The second-order valence-electron chi connectivity index (χ2n) is 2.85. The minimum atomic E-state index is -4.73. The molecule has 0 fully saturated rings. The highest BCUT2D eigenvalue weighted by molar-refractivity contribution is 5.39. The molecule has 0 saturated carbocycles. The molecule has 2 N–H and O–H groups in total. The first-order valence-corrected chi connectivity index (χ1v) is 4.03. The lowest BCUT2D eigenvalue weighted by Crippen LogP contribution is -2.10. The standard InChI is InChI=1S/C9H9F4NO/c1-15-8-3-6(9(11,12)13)7(10)2-5(8)4-14/h2-3H,4,14H2,1H3. The molecule has 6 heteroatoms. The Balaban J connectivity index is 3.32. The second kappa shape index (κ2) is 4.06. The van der Waals surface area contributed by atoms with Crippen LogP contribution in [0.15, 0.2) is 12.1 Å². The van der Waals surface area contributed by atoms with E-state index in [-0.39, 0.29) is 17.9 Å². The van der Waals surface area contributed by atoms with Gasteiger partial charge in [-0.05, 0) is 12.1 Å². The zero-order valence-electron chi connectivity index (χ0n) is 7.86. The highest BCUT2D eigenvalue weighted by Gasteiger charge is 2.35. The minimum Gasteiger partial charge on any atom is -0.496 e. The molecule has 0 saturated heterocycles. The summed E-state index contributed by atoms with van der Waals surface area (Å²) in [5.41, 5.74) is 4.07. The van der Waals surface area contributed by atoms with Gasteiger partial charge in [0.1, 0.15) is 11.6 Å². The lowest BCUT2D eigenvalue weighted by atomic mass is 10.1. The predicted octanol–water partition coefficient (Wildman–Crippen LogP) is 2.31. The fourth-order valence-electron chi connectivity index (χ4n) is 1.16. The van der Waals surface area contributed by atoms with E-state index in [1.807, 2.05) is 0 Å². The zero-order chi connectivity index (χ0) is 11.6. The van der Waals surface area contributed by atoms with Crippen LogP contribution in [0.5, 0.6) is 5.75 Å². The number of rotatable bonds is 2. The first kappa shape index (κ1) is 11.8. The molecule has 2 nitrogen and oxygen atoms in total. The SMILES string of the molecule is COc1cc(C(F)(F)F)c(F)cc1CN. The number of benzene rings is 1. The first-order chi connectivity index (χ1) is 6.90. The summed E-state index contributed by atoms with van der Waals surface area (Å²) >= 11 is 0. The summed E-state index contributed by atoms with van der Waals surface area (Å²) in [6, 6.07) is 1.35. The molecule has 0 radical (unpaired) electrons. The molecule has 84 valence electrons. The third-order valence-corrected chi connectivity index (χ3v) is 1.90. The molecule has 0 heterocycles. The van der Waals surface area contributed by atoms with Gasteiger partial charge in [-0.1, -0.05) is 0 Å². The molecule has 0 aromatic heterocycles. The van der Waals surface area contributed by atoms with E-state index >= 15 is 0 Å². The van der Waals surface area contributed by atoms with Gasteiger partial charge in [0.05, 0.1) is 12.7 Å². The number of hydrogen-bond acceptors (Lipinski definition) is 2. The van der Waals surface area contributed by atoms with E-state index in [4.69, 9.17) is 5.73 Å². The summed E-state index contributed by atoms with van der Waals surface area (Å²) in [4.78, 5) is 0. The van der Waals surface area contributed by atoms with E-state index in [2.05, 4.69) is 4.74 Å². The molecule has 0 atom stereocenters. The van der Waals surface area contributed by atoms with Gasteiger partial charge in [-0.25, -0.2) is 4.39 Å². The number of nitrogens with two attached hydrogens (primary N) is 1. The van der Waals surface area contributed by atoms with Crippen LogP contribution in [0.3, 0.4) is 0 Å². The Morgan fingerprint density at radius 2 is 1.93 bits per heavy atom. The summed E-state index contributed by atoms with van der Waals surface area (Å²) in [6.45, 7) is -0.0851. The van der Waals surface area contributed by atoms with Crippen LogP contribution in [0, 0.1) is 5.82 Å². The van der Waals surface area contributed by atoms with Crippen LogP contribution < -0.4 is 10.5 Å². The monoisotopic (exact) mass is 223 g/mol. The molecule has 1 aromatic rings. The average molecular weight is 223 g/mol. The highest BCUT2D eigenvalue weighted by atomic mass is 19.4. The fourth-order valence-corrected chi connectivity index (χ4v) is 1.16. The van der Waals surface area contributed by atoms with Crippen molar-refractivity contribution in [2.75, 3.05) is 7.11 Å². The lowest BCUT2D eigenvalue weighted by molar-refractivity contribution is -0.140. The first-order valence-electron chi connectivity index (χ1n) is 4.03. The molecule has 1 rings (SSSR count). The van der Waals surface area contributed by atoms with Gasteiger partial charge in [0.25, 0.3) is 0 Å². The van der Waals surface area contributed by atoms with Gasteiger partial charge in [0, 0.05) is 12.1 Å².